The predicted molar refractivity (Wildman–Crippen MR) is 51.6 cm³/mol. The predicted octanol–water partition coefficient (Wildman–Crippen LogP) is -2.72. The van der Waals surface area contributed by atoms with E-state index < -0.39 is 35.3 Å². The molecule has 0 aromatic heterocycles. The minimum absolute atomic E-state index is 0.363. The molecule has 112 valence electrons. The van der Waals surface area contributed by atoms with Crippen LogP contribution >= 0.6 is 0 Å². The number of hydrogen-bond donors (Lipinski definition) is 3. The second-order valence-electron chi connectivity index (χ2n) is 2.46. The van der Waals surface area contributed by atoms with Gasteiger partial charge < -0.3 is 5.21 Å². The summed E-state index contributed by atoms with van der Waals surface area (Å²) in [6, 6.07) is 0. The van der Waals surface area contributed by atoms with Crippen molar-refractivity contribution in [1.82, 2.24) is 10.0 Å². The molecule has 16 heteroatoms. The molecule has 0 aliphatic carbocycles. The van der Waals surface area contributed by atoms with Crippen LogP contribution in [0.25, 0.3) is 0 Å². The fraction of sp³-hybridized carbons (Fsp3) is 1.00. The summed E-state index contributed by atoms with van der Waals surface area (Å²) in [7, 11) is 0. The molecular formula is C3H11N7O9. The van der Waals surface area contributed by atoms with Gasteiger partial charge in [0.1, 0.15) is 0 Å². The van der Waals surface area contributed by atoms with Crippen LogP contribution in [0.4, 0.5) is 0 Å². The Labute approximate surface area is 103 Å². The molecule has 0 fully saturated rings. The maximum Gasteiger partial charge on any atom is 0.291 e. The normalized spacial score (nSPS) is 8.95. The highest BCUT2D eigenvalue weighted by Gasteiger charge is 2.24. The van der Waals surface area contributed by atoms with E-state index in [1.54, 1.807) is 0 Å². The van der Waals surface area contributed by atoms with Crippen LogP contribution in [0.2, 0.25) is 0 Å². The van der Waals surface area contributed by atoms with E-state index in [1.807, 2.05) is 0 Å². The molecule has 0 atom stereocenters. The third-order valence-corrected chi connectivity index (χ3v) is 1.24. The number of nitrogens with zero attached hydrogens (tertiary/aromatic N) is 5. The average Bonchev–Trinajstić information content (AvgIpc) is 2.26. The van der Waals surface area contributed by atoms with Gasteiger partial charge in [-0.05, 0) is 0 Å². The van der Waals surface area contributed by atoms with E-state index in [4.69, 9.17) is 15.3 Å². The third-order valence-electron chi connectivity index (χ3n) is 1.24. The van der Waals surface area contributed by atoms with Crippen LogP contribution in [0, 0.1) is 30.3 Å². The SMILES string of the molecule is NOCN(CN(CON)[N+](=O)[O-])[N+](=O)[O-].O=[N+]([O-])O. The molecule has 0 radical (unpaired) electrons. The zero-order valence-electron chi connectivity index (χ0n) is 9.23. The molecule has 0 saturated carbocycles. The first-order valence-electron chi connectivity index (χ1n) is 4.01. The second kappa shape index (κ2) is 10.6. The standard InChI is InChI=1S/C3H10N6O6.HNO3/c4-14-2-6(8(10)11)1-7(3-15-5)9(12)13;2-1(3)4/h1-5H2;(H,2,3,4). The lowest BCUT2D eigenvalue weighted by molar-refractivity contribution is -0.742. The lowest BCUT2D eigenvalue weighted by Crippen LogP contribution is -2.46. The molecule has 0 aromatic rings. The summed E-state index contributed by atoms with van der Waals surface area (Å²) in [6.07, 6.45) is 0. The summed E-state index contributed by atoms with van der Waals surface area (Å²) in [6.45, 7) is -1.90. The molecule has 16 nitrogen and oxygen atoms in total. The Morgan fingerprint density at radius 2 is 1.21 bits per heavy atom. The Bertz CT molecular complexity index is 272. The first-order chi connectivity index (χ1) is 8.76. The lowest BCUT2D eigenvalue weighted by Gasteiger charge is -2.17. The Morgan fingerprint density at radius 3 is 1.37 bits per heavy atom. The van der Waals surface area contributed by atoms with Crippen molar-refractivity contribution in [2.45, 2.75) is 0 Å². The van der Waals surface area contributed by atoms with Crippen molar-refractivity contribution in [2.75, 3.05) is 20.1 Å². The molecule has 0 amide bonds. The molecular weight excluding hydrogens is 278 g/mol. The molecule has 0 aromatic carbocycles. The maximum atomic E-state index is 10.3. The molecule has 0 aliphatic rings. The van der Waals surface area contributed by atoms with Crippen molar-refractivity contribution >= 4 is 0 Å². The van der Waals surface area contributed by atoms with Crippen LogP contribution in [0.1, 0.15) is 0 Å². The Kier molecular flexibility index (Phi) is 10.5. The zero-order chi connectivity index (χ0) is 15.4. The van der Waals surface area contributed by atoms with E-state index in [1.165, 1.54) is 0 Å². The van der Waals surface area contributed by atoms with Gasteiger partial charge in [-0.3, -0.25) is 9.68 Å². The van der Waals surface area contributed by atoms with Crippen LogP contribution in [0.5, 0.6) is 0 Å². The molecule has 0 heterocycles. The minimum Gasteiger partial charge on any atom is -0.328 e. The van der Waals surface area contributed by atoms with Gasteiger partial charge in [-0.25, -0.2) is 32.0 Å². The van der Waals surface area contributed by atoms with Crippen molar-refractivity contribution in [3.8, 4) is 0 Å². The molecule has 5 N–H and O–H groups in total. The summed E-state index contributed by atoms with van der Waals surface area (Å²) < 4.78 is 0. The summed E-state index contributed by atoms with van der Waals surface area (Å²) in [5.74, 6) is 9.21. The number of hydrogen-bond acceptors (Lipinski definition) is 10. The molecule has 0 bridgehead atoms. The molecule has 0 unspecified atom stereocenters. The smallest absolute Gasteiger partial charge is 0.291 e. The van der Waals surface area contributed by atoms with Crippen LogP contribution in [-0.4, -0.2) is 50.5 Å². The highest BCUT2D eigenvalue weighted by Crippen LogP contribution is 1.95. The molecule has 0 spiro atoms. The topological polar surface area (TPSA) is 227 Å². The van der Waals surface area contributed by atoms with Gasteiger partial charge in [0.2, 0.25) is 6.67 Å². The molecule has 0 rings (SSSR count). The van der Waals surface area contributed by atoms with Crippen molar-refractivity contribution in [3.05, 3.63) is 30.3 Å². The average molecular weight is 289 g/mol. The first kappa shape index (κ1) is 18.8. The first-order valence-corrected chi connectivity index (χ1v) is 4.01. The van der Waals surface area contributed by atoms with Crippen molar-refractivity contribution in [2.24, 2.45) is 11.8 Å². The molecule has 0 saturated heterocycles. The lowest BCUT2D eigenvalue weighted by atomic mass is 10.9. The van der Waals surface area contributed by atoms with Crippen LogP contribution in [-0.2, 0) is 9.68 Å². The van der Waals surface area contributed by atoms with Crippen molar-refractivity contribution in [3.63, 3.8) is 0 Å². The van der Waals surface area contributed by atoms with Gasteiger partial charge >= 0.3 is 0 Å². The van der Waals surface area contributed by atoms with Gasteiger partial charge in [0.05, 0.1) is 0 Å². The van der Waals surface area contributed by atoms with Gasteiger partial charge in [0, 0.05) is 0 Å². The number of hydrazine groups is 2. The van der Waals surface area contributed by atoms with E-state index in [-0.39, 0.29) is 0 Å². The van der Waals surface area contributed by atoms with Gasteiger partial charge in [0.15, 0.2) is 23.5 Å². The second-order valence-corrected chi connectivity index (χ2v) is 2.46. The van der Waals surface area contributed by atoms with Gasteiger partial charge in [-0.15, -0.1) is 10.1 Å². The summed E-state index contributed by atoms with van der Waals surface area (Å²) in [5.41, 5.74) is 0. The zero-order valence-corrected chi connectivity index (χ0v) is 9.23. The Balaban J connectivity index is 0. The molecule has 19 heavy (non-hydrogen) atoms. The van der Waals surface area contributed by atoms with Crippen LogP contribution in [0.3, 0.4) is 0 Å². The minimum atomic E-state index is -1.50. The van der Waals surface area contributed by atoms with E-state index in [0.717, 1.165) is 0 Å². The molecule has 0 aliphatic heterocycles. The Hall–Kier alpha value is -2.56. The number of nitro groups is 2. The largest absolute Gasteiger partial charge is 0.328 e. The third kappa shape index (κ3) is 11.7. The van der Waals surface area contributed by atoms with Gasteiger partial charge in [0.25, 0.3) is 5.09 Å². The van der Waals surface area contributed by atoms with Crippen molar-refractivity contribution < 1.29 is 30.0 Å². The summed E-state index contributed by atoms with van der Waals surface area (Å²) in [5, 5.41) is 33.2. The fourth-order valence-corrected chi connectivity index (χ4v) is 0.640. The van der Waals surface area contributed by atoms with Gasteiger partial charge in [-0.2, -0.15) is 0 Å². The van der Waals surface area contributed by atoms with E-state index in [2.05, 4.69) is 21.5 Å². The van der Waals surface area contributed by atoms with Crippen LogP contribution in [0.15, 0.2) is 0 Å². The fourth-order valence-electron chi connectivity index (χ4n) is 0.640. The highest BCUT2D eigenvalue weighted by molar-refractivity contribution is 4.34. The summed E-state index contributed by atoms with van der Waals surface area (Å²) in [4.78, 5) is 37.0. The van der Waals surface area contributed by atoms with E-state index >= 15 is 0 Å². The van der Waals surface area contributed by atoms with Crippen molar-refractivity contribution in [1.29, 1.82) is 0 Å². The van der Waals surface area contributed by atoms with E-state index in [9.17, 15) is 20.2 Å². The number of rotatable bonds is 8. The van der Waals surface area contributed by atoms with Crippen LogP contribution < -0.4 is 11.8 Å². The van der Waals surface area contributed by atoms with E-state index in [0.29, 0.717) is 10.0 Å². The quantitative estimate of drug-likeness (QED) is 0.234. The maximum absolute atomic E-state index is 10.3. The summed E-state index contributed by atoms with van der Waals surface area (Å²) >= 11 is 0. The Morgan fingerprint density at radius 1 is 0.947 bits per heavy atom. The van der Waals surface area contributed by atoms with Gasteiger partial charge in [-0.1, -0.05) is 10.0 Å². The highest BCUT2D eigenvalue weighted by atomic mass is 16.9. The monoisotopic (exact) mass is 289 g/mol. The number of nitrogens with two attached hydrogens (primary N) is 2.